The monoisotopic (exact) mass is 550 g/mol. The van der Waals surface area contributed by atoms with E-state index in [2.05, 4.69) is 15.5 Å². The number of benzene rings is 3. The smallest absolute Gasteiger partial charge is 0.255 e. The summed E-state index contributed by atoms with van der Waals surface area (Å²) in [6, 6.07) is 20.5. The van der Waals surface area contributed by atoms with Gasteiger partial charge in [0.1, 0.15) is 5.75 Å². The summed E-state index contributed by atoms with van der Waals surface area (Å²) in [6.07, 6.45) is 2.23. The summed E-state index contributed by atoms with van der Waals surface area (Å²) < 4.78 is 33.4. The minimum absolute atomic E-state index is 0.0533. The Balaban J connectivity index is 1.33. The SMILES string of the molecule is CCCCC(=O)Nc1ccc(C(=O)Nc2ccc(S(=O)(=O)N3CCN(c4ccccc4OC)CC3)cc2)cc1. The van der Waals surface area contributed by atoms with Gasteiger partial charge in [0, 0.05) is 49.5 Å². The molecule has 0 atom stereocenters. The zero-order chi connectivity index (χ0) is 27.8. The molecule has 0 aromatic heterocycles. The van der Waals surface area contributed by atoms with Gasteiger partial charge in [-0.25, -0.2) is 8.42 Å². The molecule has 3 aromatic rings. The van der Waals surface area contributed by atoms with Gasteiger partial charge >= 0.3 is 0 Å². The van der Waals surface area contributed by atoms with Crippen molar-refractivity contribution < 1.29 is 22.7 Å². The molecule has 2 N–H and O–H groups in total. The topological polar surface area (TPSA) is 108 Å². The average Bonchev–Trinajstić information content (AvgIpc) is 2.96. The maximum Gasteiger partial charge on any atom is 0.255 e. The van der Waals surface area contributed by atoms with E-state index in [1.165, 1.54) is 16.4 Å². The molecule has 1 heterocycles. The van der Waals surface area contributed by atoms with Crippen LogP contribution in [-0.4, -0.2) is 57.8 Å². The molecule has 0 unspecified atom stereocenters. The quantitative estimate of drug-likeness (QED) is 0.382. The number of unbranched alkanes of at least 4 members (excludes halogenated alkanes) is 1. The summed E-state index contributed by atoms with van der Waals surface area (Å²) in [4.78, 5) is 26.9. The number of nitrogens with zero attached hydrogens (tertiary/aromatic N) is 2. The van der Waals surface area contributed by atoms with Gasteiger partial charge < -0.3 is 20.3 Å². The molecule has 9 nitrogen and oxygen atoms in total. The fraction of sp³-hybridized carbons (Fsp3) is 0.310. The van der Waals surface area contributed by atoms with Crippen LogP contribution >= 0.6 is 0 Å². The zero-order valence-electron chi connectivity index (χ0n) is 22.2. The van der Waals surface area contributed by atoms with Crippen LogP contribution in [0, 0.1) is 0 Å². The van der Waals surface area contributed by atoms with Crippen molar-refractivity contribution in [2.24, 2.45) is 0 Å². The largest absolute Gasteiger partial charge is 0.495 e. The Morgan fingerprint density at radius 1 is 0.846 bits per heavy atom. The number of hydrogen-bond donors (Lipinski definition) is 2. The summed E-state index contributed by atoms with van der Waals surface area (Å²) in [6.45, 7) is 3.84. The molecule has 2 amide bonds. The first-order valence-corrected chi connectivity index (χ1v) is 14.4. The first-order chi connectivity index (χ1) is 18.8. The third-order valence-corrected chi connectivity index (χ3v) is 8.52. The average molecular weight is 551 g/mol. The number of hydrogen-bond acceptors (Lipinski definition) is 6. The zero-order valence-corrected chi connectivity index (χ0v) is 23.0. The molecular formula is C29H34N4O5S. The first kappa shape index (κ1) is 28.1. The summed E-state index contributed by atoms with van der Waals surface area (Å²) in [5.74, 6) is 0.376. The highest BCUT2D eigenvalue weighted by molar-refractivity contribution is 7.89. The number of sulfonamides is 1. The van der Waals surface area contributed by atoms with Crippen LogP contribution in [0.5, 0.6) is 5.75 Å². The summed E-state index contributed by atoms with van der Waals surface area (Å²) in [5, 5.41) is 5.60. The van der Waals surface area contributed by atoms with Crippen LogP contribution in [0.3, 0.4) is 0 Å². The lowest BCUT2D eigenvalue weighted by atomic mass is 10.1. The fourth-order valence-electron chi connectivity index (χ4n) is 4.39. The second-order valence-corrected chi connectivity index (χ2v) is 11.2. The van der Waals surface area contributed by atoms with E-state index in [0.29, 0.717) is 49.5 Å². The Hall–Kier alpha value is -3.89. The van der Waals surface area contributed by atoms with E-state index in [-0.39, 0.29) is 16.7 Å². The third kappa shape index (κ3) is 6.96. The molecule has 4 rings (SSSR count). The van der Waals surface area contributed by atoms with Crippen LogP contribution in [-0.2, 0) is 14.8 Å². The second kappa shape index (κ2) is 12.8. The fourth-order valence-corrected chi connectivity index (χ4v) is 5.81. The molecule has 1 aliphatic rings. The molecule has 0 radical (unpaired) electrons. The maximum absolute atomic E-state index is 13.2. The lowest BCUT2D eigenvalue weighted by Gasteiger charge is -2.35. The number of piperazine rings is 1. The molecule has 3 aromatic carbocycles. The Labute approximate surface area is 229 Å². The van der Waals surface area contributed by atoms with Gasteiger partial charge in [-0.1, -0.05) is 25.5 Å². The summed E-state index contributed by atoms with van der Waals surface area (Å²) in [7, 11) is -2.05. The highest BCUT2D eigenvalue weighted by Crippen LogP contribution is 2.29. The lowest BCUT2D eigenvalue weighted by Crippen LogP contribution is -2.48. The van der Waals surface area contributed by atoms with E-state index >= 15 is 0 Å². The molecule has 10 heteroatoms. The molecule has 206 valence electrons. The Morgan fingerprint density at radius 3 is 2.10 bits per heavy atom. The van der Waals surface area contributed by atoms with Gasteiger partial charge in [0.25, 0.3) is 5.91 Å². The Bertz CT molecular complexity index is 1380. The molecule has 1 aliphatic heterocycles. The number of nitrogens with one attached hydrogen (secondary N) is 2. The van der Waals surface area contributed by atoms with Gasteiger partial charge in [0.05, 0.1) is 17.7 Å². The number of rotatable bonds is 10. The van der Waals surface area contributed by atoms with Gasteiger partial charge in [0.15, 0.2) is 0 Å². The highest BCUT2D eigenvalue weighted by Gasteiger charge is 2.29. The van der Waals surface area contributed by atoms with Crippen molar-refractivity contribution in [3.8, 4) is 5.75 Å². The molecule has 0 spiro atoms. The maximum atomic E-state index is 13.2. The van der Waals surface area contributed by atoms with Crippen molar-refractivity contribution in [1.29, 1.82) is 0 Å². The number of ether oxygens (including phenoxy) is 1. The first-order valence-electron chi connectivity index (χ1n) is 13.0. The number of methoxy groups -OCH3 is 1. The van der Waals surface area contributed by atoms with Gasteiger partial charge in [-0.15, -0.1) is 0 Å². The van der Waals surface area contributed by atoms with Crippen LogP contribution in [0.25, 0.3) is 0 Å². The van der Waals surface area contributed by atoms with Gasteiger partial charge in [-0.05, 0) is 67.1 Å². The van der Waals surface area contributed by atoms with Gasteiger partial charge in [-0.3, -0.25) is 9.59 Å². The predicted octanol–water partition coefficient (Wildman–Crippen LogP) is 4.59. The van der Waals surface area contributed by atoms with Crippen molar-refractivity contribution in [3.05, 3.63) is 78.4 Å². The molecule has 39 heavy (non-hydrogen) atoms. The van der Waals surface area contributed by atoms with E-state index in [9.17, 15) is 18.0 Å². The molecule has 0 bridgehead atoms. The van der Waals surface area contributed by atoms with Crippen molar-refractivity contribution in [2.45, 2.75) is 31.1 Å². The van der Waals surface area contributed by atoms with Crippen molar-refractivity contribution in [1.82, 2.24) is 4.31 Å². The Morgan fingerprint density at radius 2 is 1.46 bits per heavy atom. The van der Waals surface area contributed by atoms with Crippen molar-refractivity contribution in [3.63, 3.8) is 0 Å². The standard InChI is InChI=1S/C29H34N4O5S/c1-3-4-9-28(34)30-23-12-10-22(11-13-23)29(35)31-24-14-16-25(17-15-24)39(36,37)33-20-18-32(19-21-33)26-7-5-6-8-27(26)38-2/h5-8,10-17H,3-4,9,18-21H2,1-2H3,(H,30,34)(H,31,35). The van der Waals surface area contributed by atoms with Crippen LogP contribution in [0.15, 0.2) is 77.7 Å². The van der Waals surface area contributed by atoms with Crippen LogP contribution in [0.1, 0.15) is 36.5 Å². The number of carbonyl (C=O) groups excluding carboxylic acids is 2. The molecule has 1 saturated heterocycles. The van der Waals surface area contributed by atoms with E-state index in [1.54, 1.807) is 43.5 Å². The number of amides is 2. The van der Waals surface area contributed by atoms with Crippen LogP contribution < -0.4 is 20.3 Å². The van der Waals surface area contributed by atoms with Crippen molar-refractivity contribution in [2.75, 3.05) is 48.8 Å². The molecule has 0 saturated carbocycles. The normalized spacial score (nSPS) is 14.1. The summed E-state index contributed by atoms with van der Waals surface area (Å²) in [5.41, 5.74) is 2.48. The second-order valence-electron chi connectivity index (χ2n) is 9.27. The lowest BCUT2D eigenvalue weighted by molar-refractivity contribution is -0.116. The van der Waals surface area contributed by atoms with E-state index < -0.39 is 10.0 Å². The number of para-hydroxylation sites is 2. The van der Waals surface area contributed by atoms with Crippen LogP contribution in [0.2, 0.25) is 0 Å². The summed E-state index contributed by atoms with van der Waals surface area (Å²) >= 11 is 0. The van der Waals surface area contributed by atoms with E-state index in [0.717, 1.165) is 24.3 Å². The van der Waals surface area contributed by atoms with Crippen molar-refractivity contribution >= 4 is 38.9 Å². The minimum Gasteiger partial charge on any atom is -0.495 e. The van der Waals surface area contributed by atoms with Crippen LogP contribution in [0.4, 0.5) is 17.1 Å². The van der Waals surface area contributed by atoms with E-state index in [1.807, 2.05) is 31.2 Å². The number of anilines is 3. The molecular weight excluding hydrogens is 516 g/mol. The third-order valence-electron chi connectivity index (χ3n) is 6.60. The van der Waals surface area contributed by atoms with Gasteiger partial charge in [0.2, 0.25) is 15.9 Å². The van der Waals surface area contributed by atoms with E-state index in [4.69, 9.17) is 4.74 Å². The predicted molar refractivity (Wildman–Crippen MR) is 153 cm³/mol. The van der Waals surface area contributed by atoms with Gasteiger partial charge in [-0.2, -0.15) is 4.31 Å². The molecule has 0 aliphatic carbocycles. The molecule has 1 fully saturated rings. The number of carbonyl (C=O) groups is 2. The Kier molecular flexibility index (Phi) is 9.21. The minimum atomic E-state index is -3.67. The highest BCUT2D eigenvalue weighted by atomic mass is 32.2.